The van der Waals surface area contributed by atoms with Gasteiger partial charge in [-0.2, -0.15) is 0 Å². The first-order valence-electron chi connectivity index (χ1n) is 13.1. The van der Waals surface area contributed by atoms with Crippen LogP contribution in [-0.4, -0.2) is 44.8 Å². The Morgan fingerprint density at radius 2 is 1.22 bits per heavy atom. The Kier molecular flexibility index (Phi) is 7.68. The highest BCUT2D eigenvalue weighted by Crippen LogP contribution is 2.36. The summed E-state index contributed by atoms with van der Waals surface area (Å²) in [4.78, 5) is 26.5. The van der Waals surface area contributed by atoms with Gasteiger partial charge in [-0.15, -0.1) is 0 Å². The minimum absolute atomic E-state index is 0.0384. The predicted molar refractivity (Wildman–Crippen MR) is 144 cm³/mol. The summed E-state index contributed by atoms with van der Waals surface area (Å²) in [7, 11) is 0. The maximum atomic E-state index is 13.5. The van der Waals surface area contributed by atoms with Crippen molar-refractivity contribution in [2.24, 2.45) is 0 Å². The SMILES string of the molecule is O=C(NCC1(c2ccccc2)CCOCC1)c1ccc(NC(=O)C2(c3ccccc3)CCOCC2)cc1. The van der Waals surface area contributed by atoms with Gasteiger partial charge in [-0.25, -0.2) is 0 Å². The molecule has 2 saturated heterocycles. The second-order valence-electron chi connectivity index (χ2n) is 10.0. The quantitative estimate of drug-likeness (QED) is 0.488. The van der Waals surface area contributed by atoms with E-state index in [4.69, 9.17) is 9.47 Å². The monoisotopic (exact) mass is 498 g/mol. The van der Waals surface area contributed by atoms with E-state index in [1.165, 1.54) is 5.56 Å². The van der Waals surface area contributed by atoms with Crippen LogP contribution in [0.5, 0.6) is 0 Å². The lowest BCUT2D eigenvalue weighted by Gasteiger charge is -2.38. The van der Waals surface area contributed by atoms with Gasteiger partial charge in [0.25, 0.3) is 5.91 Å². The molecule has 0 unspecified atom stereocenters. The molecular formula is C31H34N2O4. The average Bonchev–Trinajstić information content (AvgIpc) is 2.98. The molecule has 192 valence electrons. The molecule has 2 aliphatic heterocycles. The molecule has 2 aliphatic rings. The van der Waals surface area contributed by atoms with Crippen LogP contribution in [0.15, 0.2) is 84.9 Å². The third kappa shape index (κ3) is 5.45. The zero-order chi connectivity index (χ0) is 25.6. The summed E-state index contributed by atoms with van der Waals surface area (Å²) in [5.74, 6) is -0.159. The lowest BCUT2D eigenvalue weighted by atomic mass is 9.73. The summed E-state index contributed by atoms with van der Waals surface area (Å²) in [6.45, 7) is 3.04. The Hall–Kier alpha value is -3.48. The summed E-state index contributed by atoms with van der Waals surface area (Å²) in [6, 6.07) is 27.4. The molecule has 0 saturated carbocycles. The van der Waals surface area contributed by atoms with Crippen LogP contribution in [0, 0.1) is 0 Å². The van der Waals surface area contributed by atoms with E-state index in [2.05, 4.69) is 22.8 Å². The van der Waals surface area contributed by atoms with Crippen molar-refractivity contribution in [3.63, 3.8) is 0 Å². The largest absolute Gasteiger partial charge is 0.381 e. The van der Waals surface area contributed by atoms with E-state index >= 15 is 0 Å². The molecule has 5 rings (SSSR count). The first-order chi connectivity index (χ1) is 18.1. The van der Waals surface area contributed by atoms with Crippen LogP contribution in [0.2, 0.25) is 0 Å². The summed E-state index contributed by atoms with van der Waals surface area (Å²) in [6.07, 6.45) is 3.02. The van der Waals surface area contributed by atoms with Crippen LogP contribution < -0.4 is 10.6 Å². The molecule has 0 aliphatic carbocycles. The van der Waals surface area contributed by atoms with Gasteiger partial charge in [0.1, 0.15) is 0 Å². The molecule has 2 fully saturated rings. The predicted octanol–water partition coefficient (Wildman–Crippen LogP) is 4.85. The third-order valence-electron chi connectivity index (χ3n) is 7.94. The highest BCUT2D eigenvalue weighted by molar-refractivity contribution is 6.00. The molecule has 0 spiro atoms. The molecule has 0 bridgehead atoms. The van der Waals surface area contributed by atoms with E-state index in [0.717, 1.165) is 18.4 Å². The van der Waals surface area contributed by atoms with E-state index in [1.54, 1.807) is 24.3 Å². The lowest BCUT2D eigenvalue weighted by molar-refractivity contribution is -0.125. The lowest BCUT2D eigenvalue weighted by Crippen LogP contribution is -2.45. The number of nitrogens with one attached hydrogen (secondary N) is 2. The number of hydrogen-bond acceptors (Lipinski definition) is 4. The summed E-state index contributed by atoms with van der Waals surface area (Å²) in [5, 5.41) is 6.24. The summed E-state index contributed by atoms with van der Waals surface area (Å²) < 4.78 is 11.2. The fraction of sp³-hybridized carbons (Fsp3) is 0.355. The minimum atomic E-state index is -0.620. The molecule has 6 nitrogen and oxygen atoms in total. The number of rotatable bonds is 7. The average molecular weight is 499 g/mol. The molecule has 2 amide bonds. The van der Waals surface area contributed by atoms with Crippen LogP contribution in [0.1, 0.15) is 47.2 Å². The fourth-order valence-electron chi connectivity index (χ4n) is 5.55. The van der Waals surface area contributed by atoms with Gasteiger partial charge in [-0.05, 0) is 61.1 Å². The van der Waals surface area contributed by atoms with E-state index in [1.807, 2.05) is 48.5 Å². The molecule has 6 heteroatoms. The van der Waals surface area contributed by atoms with Crippen molar-refractivity contribution in [2.45, 2.75) is 36.5 Å². The molecule has 37 heavy (non-hydrogen) atoms. The first-order valence-corrected chi connectivity index (χ1v) is 13.1. The van der Waals surface area contributed by atoms with Crippen molar-refractivity contribution in [2.75, 3.05) is 38.3 Å². The van der Waals surface area contributed by atoms with E-state index in [0.29, 0.717) is 57.1 Å². The normalized spacial score (nSPS) is 18.5. The zero-order valence-electron chi connectivity index (χ0n) is 21.1. The van der Waals surface area contributed by atoms with Crippen LogP contribution in [0.4, 0.5) is 5.69 Å². The number of hydrogen-bond donors (Lipinski definition) is 2. The van der Waals surface area contributed by atoms with Gasteiger partial charge >= 0.3 is 0 Å². The molecule has 3 aromatic carbocycles. The van der Waals surface area contributed by atoms with Crippen molar-refractivity contribution in [3.05, 3.63) is 102 Å². The maximum absolute atomic E-state index is 13.5. The third-order valence-corrected chi connectivity index (χ3v) is 7.94. The van der Waals surface area contributed by atoms with Crippen LogP contribution >= 0.6 is 0 Å². The highest BCUT2D eigenvalue weighted by Gasteiger charge is 2.41. The van der Waals surface area contributed by atoms with Crippen molar-refractivity contribution in [1.82, 2.24) is 5.32 Å². The highest BCUT2D eigenvalue weighted by atomic mass is 16.5. The van der Waals surface area contributed by atoms with Crippen LogP contribution in [0.3, 0.4) is 0 Å². The Morgan fingerprint density at radius 1 is 0.676 bits per heavy atom. The number of carbonyl (C=O) groups is 2. The van der Waals surface area contributed by atoms with Crippen molar-refractivity contribution in [3.8, 4) is 0 Å². The Balaban J connectivity index is 1.25. The molecule has 2 N–H and O–H groups in total. The number of benzene rings is 3. The van der Waals surface area contributed by atoms with Crippen LogP contribution in [-0.2, 0) is 25.1 Å². The van der Waals surface area contributed by atoms with E-state index in [-0.39, 0.29) is 17.2 Å². The molecule has 0 atom stereocenters. The second kappa shape index (κ2) is 11.3. The number of amides is 2. The van der Waals surface area contributed by atoms with Gasteiger partial charge < -0.3 is 20.1 Å². The van der Waals surface area contributed by atoms with E-state index < -0.39 is 5.41 Å². The molecular weight excluding hydrogens is 464 g/mol. The second-order valence-corrected chi connectivity index (χ2v) is 10.0. The number of carbonyl (C=O) groups excluding carboxylic acids is 2. The topological polar surface area (TPSA) is 76.7 Å². The van der Waals surface area contributed by atoms with E-state index in [9.17, 15) is 9.59 Å². The zero-order valence-corrected chi connectivity index (χ0v) is 21.1. The van der Waals surface area contributed by atoms with Crippen molar-refractivity contribution in [1.29, 1.82) is 0 Å². The first kappa shape index (κ1) is 25.2. The molecule has 3 aromatic rings. The Bertz CT molecular complexity index is 1180. The maximum Gasteiger partial charge on any atom is 0.251 e. The van der Waals surface area contributed by atoms with Crippen molar-refractivity contribution >= 4 is 17.5 Å². The summed E-state index contributed by atoms with van der Waals surface area (Å²) >= 11 is 0. The van der Waals surface area contributed by atoms with Gasteiger partial charge in [0.15, 0.2) is 0 Å². The Labute approximate surface area is 218 Å². The van der Waals surface area contributed by atoms with Gasteiger partial charge in [0.2, 0.25) is 5.91 Å². The molecule has 0 radical (unpaired) electrons. The number of ether oxygens (including phenoxy) is 2. The van der Waals surface area contributed by atoms with Crippen LogP contribution in [0.25, 0.3) is 0 Å². The Morgan fingerprint density at radius 3 is 1.81 bits per heavy atom. The standard InChI is InChI=1S/C31H34N2O4/c34-28(32-23-30(15-19-36-20-16-30)25-7-3-1-4-8-25)24-11-13-27(14-12-24)33-29(35)31(17-21-37-22-18-31)26-9-5-2-6-10-26/h1-14H,15-23H2,(H,32,34)(H,33,35). The minimum Gasteiger partial charge on any atom is -0.381 e. The van der Waals surface area contributed by atoms with Gasteiger partial charge in [-0.3, -0.25) is 9.59 Å². The number of anilines is 1. The molecule has 0 aromatic heterocycles. The fourth-order valence-corrected chi connectivity index (χ4v) is 5.55. The molecule has 2 heterocycles. The van der Waals surface area contributed by atoms with Gasteiger partial charge in [0, 0.05) is 49.6 Å². The summed E-state index contributed by atoms with van der Waals surface area (Å²) in [5.41, 5.74) is 2.74. The smallest absolute Gasteiger partial charge is 0.251 e. The van der Waals surface area contributed by atoms with Gasteiger partial charge in [-0.1, -0.05) is 60.7 Å². The van der Waals surface area contributed by atoms with Crippen molar-refractivity contribution < 1.29 is 19.1 Å². The van der Waals surface area contributed by atoms with Gasteiger partial charge in [0.05, 0.1) is 5.41 Å².